The summed E-state index contributed by atoms with van der Waals surface area (Å²) in [5, 5.41) is 12.1. The van der Waals surface area contributed by atoms with E-state index in [-0.39, 0.29) is 5.56 Å². The maximum absolute atomic E-state index is 13.5. The van der Waals surface area contributed by atoms with Crippen LogP contribution in [0.25, 0.3) is 0 Å². The van der Waals surface area contributed by atoms with Crippen LogP contribution in [0.1, 0.15) is 17.2 Å². The second kappa shape index (κ2) is 4.84. The molecule has 1 nitrogen and oxygen atoms in total. The van der Waals surface area contributed by atoms with Gasteiger partial charge in [-0.3, -0.25) is 0 Å². The van der Waals surface area contributed by atoms with Crippen LogP contribution in [0.15, 0.2) is 33.4 Å². The number of aliphatic hydroxyl groups is 1. The van der Waals surface area contributed by atoms with E-state index in [1.807, 2.05) is 0 Å². The summed E-state index contributed by atoms with van der Waals surface area (Å²) in [5.41, 5.74) is 0.896. The van der Waals surface area contributed by atoms with E-state index < -0.39 is 11.9 Å². The average Bonchev–Trinajstić information content (AvgIpc) is 2.64. The van der Waals surface area contributed by atoms with Gasteiger partial charge in [-0.05, 0) is 45.1 Å². The molecule has 5 heteroatoms. The lowest BCUT2D eigenvalue weighted by atomic mass is 10.0. The van der Waals surface area contributed by atoms with E-state index in [0.717, 1.165) is 3.79 Å². The van der Waals surface area contributed by atoms with Crippen LogP contribution in [0.5, 0.6) is 0 Å². The minimum Gasteiger partial charge on any atom is -0.384 e. The molecule has 0 aliphatic rings. The van der Waals surface area contributed by atoms with Crippen molar-refractivity contribution in [2.45, 2.75) is 6.10 Å². The van der Waals surface area contributed by atoms with Crippen molar-refractivity contribution in [2.75, 3.05) is 0 Å². The first-order chi connectivity index (χ1) is 7.58. The van der Waals surface area contributed by atoms with Crippen LogP contribution in [0.4, 0.5) is 4.39 Å². The highest BCUT2D eigenvalue weighted by Crippen LogP contribution is 2.31. The maximum atomic E-state index is 13.5. The fourth-order valence-electron chi connectivity index (χ4n) is 1.37. The Kier molecular flexibility index (Phi) is 3.64. The van der Waals surface area contributed by atoms with Gasteiger partial charge in [-0.1, -0.05) is 17.7 Å². The number of hydrogen-bond acceptors (Lipinski definition) is 2. The predicted octanol–water partition coefficient (Wildman–Crippen LogP) is 4.38. The Hall–Kier alpha value is -0.420. The van der Waals surface area contributed by atoms with Gasteiger partial charge in [0.15, 0.2) is 0 Å². The number of benzene rings is 1. The lowest BCUT2D eigenvalue weighted by Gasteiger charge is -2.10. The molecule has 1 heterocycles. The summed E-state index contributed by atoms with van der Waals surface area (Å²) in [5.74, 6) is -0.498. The maximum Gasteiger partial charge on any atom is 0.130 e. The smallest absolute Gasteiger partial charge is 0.130 e. The first-order valence-corrected chi connectivity index (χ1v) is 6.50. The first-order valence-electron chi connectivity index (χ1n) is 4.45. The van der Waals surface area contributed by atoms with Crippen molar-refractivity contribution in [3.05, 3.63) is 55.4 Å². The Labute approximate surface area is 110 Å². The molecule has 1 unspecified atom stereocenters. The second-order valence-corrected chi connectivity index (χ2v) is 5.98. The number of rotatable bonds is 2. The van der Waals surface area contributed by atoms with Gasteiger partial charge in [0.05, 0.1) is 3.79 Å². The molecular weight excluding hydrogens is 315 g/mol. The second-order valence-electron chi connectivity index (χ2n) is 3.25. The molecule has 0 bridgehead atoms. The number of aliphatic hydroxyl groups excluding tert-OH is 1. The Balaban J connectivity index is 2.37. The van der Waals surface area contributed by atoms with E-state index in [4.69, 9.17) is 11.6 Å². The monoisotopic (exact) mass is 320 g/mol. The lowest BCUT2D eigenvalue weighted by molar-refractivity contribution is 0.215. The molecule has 0 radical (unpaired) electrons. The molecule has 1 N–H and O–H groups in total. The van der Waals surface area contributed by atoms with Crippen LogP contribution >= 0.6 is 38.9 Å². The minimum atomic E-state index is -0.959. The van der Waals surface area contributed by atoms with Crippen molar-refractivity contribution >= 4 is 38.9 Å². The topological polar surface area (TPSA) is 20.2 Å². The van der Waals surface area contributed by atoms with E-state index in [0.29, 0.717) is 10.6 Å². The normalized spacial score (nSPS) is 12.8. The molecule has 0 aliphatic heterocycles. The number of hydrogen-bond donors (Lipinski definition) is 1. The minimum absolute atomic E-state index is 0.231. The summed E-state index contributed by atoms with van der Waals surface area (Å²) in [7, 11) is 0. The van der Waals surface area contributed by atoms with E-state index in [2.05, 4.69) is 15.9 Å². The highest BCUT2D eigenvalue weighted by Gasteiger charge is 2.16. The van der Waals surface area contributed by atoms with Gasteiger partial charge in [-0.25, -0.2) is 4.39 Å². The van der Waals surface area contributed by atoms with Crippen LogP contribution in [-0.2, 0) is 0 Å². The fraction of sp³-hybridized carbons (Fsp3) is 0.0909. The predicted molar refractivity (Wildman–Crippen MR) is 67.5 cm³/mol. The van der Waals surface area contributed by atoms with Crippen molar-refractivity contribution in [3.8, 4) is 0 Å². The zero-order chi connectivity index (χ0) is 11.7. The molecule has 84 valence electrons. The van der Waals surface area contributed by atoms with Crippen LogP contribution in [-0.4, -0.2) is 5.11 Å². The van der Waals surface area contributed by atoms with Gasteiger partial charge in [0.1, 0.15) is 11.9 Å². The third-order valence-corrected chi connectivity index (χ3v) is 3.92. The van der Waals surface area contributed by atoms with Crippen LogP contribution in [0.2, 0.25) is 5.02 Å². The molecule has 0 aliphatic carbocycles. The standard InChI is InChI=1S/C11H7BrClFOS/c12-10-3-6(5-16-10)11(15)8-2-1-7(13)4-9(8)14/h1-5,11,15H. The van der Waals surface area contributed by atoms with Crippen molar-refractivity contribution in [1.82, 2.24) is 0 Å². The van der Waals surface area contributed by atoms with E-state index in [9.17, 15) is 9.50 Å². The molecular formula is C11H7BrClFOS. The highest BCUT2D eigenvalue weighted by atomic mass is 79.9. The molecule has 1 aromatic heterocycles. The summed E-state index contributed by atoms with van der Waals surface area (Å²) in [4.78, 5) is 0. The third kappa shape index (κ3) is 2.46. The van der Waals surface area contributed by atoms with Gasteiger partial charge in [0, 0.05) is 10.6 Å². The van der Waals surface area contributed by atoms with Gasteiger partial charge in [-0.15, -0.1) is 11.3 Å². The fourth-order valence-corrected chi connectivity index (χ4v) is 2.72. The third-order valence-electron chi connectivity index (χ3n) is 2.16. The largest absolute Gasteiger partial charge is 0.384 e. The van der Waals surface area contributed by atoms with Crippen molar-refractivity contribution in [2.24, 2.45) is 0 Å². The Morgan fingerprint density at radius 2 is 2.12 bits per heavy atom. The Morgan fingerprint density at radius 1 is 1.38 bits per heavy atom. The van der Waals surface area contributed by atoms with Crippen LogP contribution < -0.4 is 0 Å². The van der Waals surface area contributed by atoms with Gasteiger partial charge in [0.2, 0.25) is 0 Å². The van der Waals surface area contributed by atoms with Gasteiger partial charge >= 0.3 is 0 Å². The van der Waals surface area contributed by atoms with E-state index >= 15 is 0 Å². The van der Waals surface area contributed by atoms with E-state index in [1.54, 1.807) is 17.5 Å². The number of halogens is 3. The van der Waals surface area contributed by atoms with Gasteiger partial charge in [-0.2, -0.15) is 0 Å². The molecule has 2 aromatic rings. The average molecular weight is 322 g/mol. The summed E-state index contributed by atoms with van der Waals surface area (Å²) >= 11 is 10.4. The molecule has 1 aromatic carbocycles. The quantitative estimate of drug-likeness (QED) is 0.870. The molecule has 1 atom stereocenters. The SMILES string of the molecule is OC(c1csc(Br)c1)c1ccc(Cl)cc1F. The highest BCUT2D eigenvalue weighted by molar-refractivity contribution is 9.11. The van der Waals surface area contributed by atoms with E-state index in [1.165, 1.54) is 23.5 Å². The lowest BCUT2D eigenvalue weighted by Crippen LogP contribution is -2.01. The Bertz CT molecular complexity index is 514. The molecule has 0 fully saturated rings. The zero-order valence-electron chi connectivity index (χ0n) is 7.95. The summed E-state index contributed by atoms with van der Waals surface area (Å²) < 4.78 is 14.4. The molecule has 0 saturated heterocycles. The first kappa shape index (κ1) is 12.0. The zero-order valence-corrected chi connectivity index (χ0v) is 11.1. The Morgan fingerprint density at radius 3 is 2.69 bits per heavy atom. The molecule has 0 amide bonds. The van der Waals surface area contributed by atoms with Crippen molar-refractivity contribution in [3.63, 3.8) is 0 Å². The summed E-state index contributed by atoms with van der Waals surface area (Å²) in [6.45, 7) is 0. The van der Waals surface area contributed by atoms with Crippen molar-refractivity contribution < 1.29 is 9.50 Å². The molecule has 0 saturated carbocycles. The van der Waals surface area contributed by atoms with Gasteiger partial charge < -0.3 is 5.11 Å². The summed E-state index contributed by atoms with van der Waals surface area (Å²) in [6.07, 6.45) is -0.959. The van der Waals surface area contributed by atoms with Gasteiger partial charge in [0.25, 0.3) is 0 Å². The van der Waals surface area contributed by atoms with Crippen LogP contribution in [0.3, 0.4) is 0 Å². The molecule has 16 heavy (non-hydrogen) atoms. The number of thiophene rings is 1. The van der Waals surface area contributed by atoms with Crippen LogP contribution in [0, 0.1) is 5.82 Å². The molecule has 0 spiro atoms. The molecule has 2 rings (SSSR count). The summed E-state index contributed by atoms with van der Waals surface area (Å²) in [6, 6.07) is 6.02. The van der Waals surface area contributed by atoms with Crippen molar-refractivity contribution in [1.29, 1.82) is 0 Å².